The molecule has 0 bridgehead atoms. The molecule has 0 saturated carbocycles. The van der Waals surface area contributed by atoms with E-state index in [9.17, 15) is 4.79 Å². The number of nitrogens with one attached hydrogen (secondary N) is 1. The van der Waals surface area contributed by atoms with Crippen LogP contribution >= 0.6 is 0 Å². The third-order valence-electron chi connectivity index (χ3n) is 4.73. The van der Waals surface area contributed by atoms with Crippen LogP contribution in [0.2, 0.25) is 0 Å². The van der Waals surface area contributed by atoms with E-state index in [-0.39, 0.29) is 6.03 Å². The van der Waals surface area contributed by atoms with Crippen LogP contribution in [0.15, 0.2) is 48.5 Å². The van der Waals surface area contributed by atoms with Crippen LogP contribution in [0.25, 0.3) is 0 Å². The molecule has 1 heterocycles. The first-order chi connectivity index (χ1) is 13.2. The van der Waals surface area contributed by atoms with Gasteiger partial charge in [-0.2, -0.15) is 0 Å². The number of nitrogens with zero attached hydrogens (tertiary/aromatic N) is 2. The van der Waals surface area contributed by atoms with Crippen molar-refractivity contribution >= 4 is 11.7 Å². The first kappa shape index (κ1) is 18.9. The van der Waals surface area contributed by atoms with Crippen LogP contribution < -0.4 is 19.7 Å². The summed E-state index contributed by atoms with van der Waals surface area (Å²) in [5, 5.41) is 2.93. The van der Waals surface area contributed by atoms with Gasteiger partial charge in [0.15, 0.2) is 0 Å². The standard InChI is InChI=1S/C21H27N3O3/c1-17-5-3-4-6-20(17)23-12-14-24(15-13-23)21(25)22-11-16-27-19-9-7-18(26-2)8-10-19/h3-10H,11-16H2,1-2H3,(H,22,25). The van der Waals surface area contributed by atoms with Gasteiger partial charge in [-0.1, -0.05) is 18.2 Å². The van der Waals surface area contributed by atoms with Crippen LogP contribution in [-0.4, -0.2) is 57.4 Å². The zero-order valence-electron chi connectivity index (χ0n) is 16.0. The molecule has 0 aliphatic carbocycles. The van der Waals surface area contributed by atoms with Crippen molar-refractivity contribution in [2.24, 2.45) is 0 Å². The fourth-order valence-electron chi connectivity index (χ4n) is 3.18. The van der Waals surface area contributed by atoms with E-state index in [1.807, 2.05) is 29.2 Å². The molecular weight excluding hydrogens is 342 g/mol. The monoisotopic (exact) mass is 369 g/mol. The van der Waals surface area contributed by atoms with E-state index in [0.717, 1.165) is 37.7 Å². The van der Waals surface area contributed by atoms with Gasteiger partial charge in [0.05, 0.1) is 13.7 Å². The second-order valence-corrected chi connectivity index (χ2v) is 6.52. The van der Waals surface area contributed by atoms with Crippen LogP contribution in [-0.2, 0) is 0 Å². The Morgan fingerprint density at radius 3 is 2.33 bits per heavy atom. The lowest BCUT2D eigenvalue weighted by Gasteiger charge is -2.36. The molecule has 0 aromatic heterocycles. The molecule has 3 rings (SSSR count). The number of para-hydroxylation sites is 1. The zero-order chi connectivity index (χ0) is 19.1. The summed E-state index contributed by atoms with van der Waals surface area (Å²) in [6.07, 6.45) is 0. The average molecular weight is 369 g/mol. The minimum absolute atomic E-state index is 0.0298. The molecule has 1 fully saturated rings. The van der Waals surface area contributed by atoms with E-state index in [1.54, 1.807) is 7.11 Å². The molecule has 1 N–H and O–H groups in total. The Balaban J connectivity index is 1.37. The number of anilines is 1. The van der Waals surface area contributed by atoms with Crippen LogP contribution in [0.5, 0.6) is 11.5 Å². The van der Waals surface area contributed by atoms with E-state index >= 15 is 0 Å². The molecule has 0 radical (unpaired) electrons. The third kappa shape index (κ3) is 5.06. The smallest absolute Gasteiger partial charge is 0.317 e. The normalized spacial score (nSPS) is 14.0. The lowest BCUT2D eigenvalue weighted by molar-refractivity contribution is 0.191. The summed E-state index contributed by atoms with van der Waals surface area (Å²) >= 11 is 0. The molecule has 1 saturated heterocycles. The average Bonchev–Trinajstić information content (AvgIpc) is 2.72. The van der Waals surface area contributed by atoms with Crippen molar-refractivity contribution in [2.75, 3.05) is 51.3 Å². The number of benzene rings is 2. The lowest BCUT2D eigenvalue weighted by atomic mass is 10.1. The number of hydrogen-bond donors (Lipinski definition) is 1. The van der Waals surface area contributed by atoms with Crippen molar-refractivity contribution in [3.63, 3.8) is 0 Å². The summed E-state index contributed by atoms with van der Waals surface area (Å²) in [6, 6.07) is 15.7. The number of carbonyl (C=O) groups excluding carboxylic acids is 1. The molecule has 0 unspecified atom stereocenters. The van der Waals surface area contributed by atoms with Gasteiger partial charge in [-0.25, -0.2) is 4.79 Å². The van der Waals surface area contributed by atoms with Crippen molar-refractivity contribution in [3.8, 4) is 11.5 Å². The summed E-state index contributed by atoms with van der Waals surface area (Å²) in [4.78, 5) is 16.5. The first-order valence-electron chi connectivity index (χ1n) is 9.27. The molecule has 2 aromatic carbocycles. The Hall–Kier alpha value is -2.89. The lowest BCUT2D eigenvalue weighted by Crippen LogP contribution is -2.52. The highest BCUT2D eigenvalue weighted by Crippen LogP contribution is 2.20. The minimum atomic E-state index is -0.0298. The summed E-state index contributed by atoms with van der Waals surface area (Å²) in [7, 11) is 1.63. The molecule has 2 amide bonds. The molecule has 0 atom stereocenters. The van der Waals surface area contributed by atoms with Crippen LogP contribution in [0, 0.1) is 6.92 Å². The van der Waals surface area contributed by atoms with Gasteiger partial charge < -0.3 is 24.6 Å². The highest BCUT2D eigenvalue weighted by atomic mass is 16.5. The second-order valence-electron chi connectivity index (χ2n) is 6.52. The topological polar surface area (TPSA) is 54.0 Å². The molecular formula is C21H27N3O3. The quantitative estimate of drug-likeness (QED) is 0.796. The number of aryl methyl sites for hydroxylation is 1. The highest BCUT2D eigenvalue weighted by Gasteiger charge is 2.21. The van der Waals surface area contributed by atoms with Gasteiger partial charge in [-0.3, -0.25) is 0 Å². The summed E-state index contributed by atoms with van der Waals surface area (Å²) < 4.78 is 10.7. The van der Waals surface area contributed by atoms with E-state index in [4.69, 9.17) is 9.47 Å². The second kappa shape index (κ2) is 9.16. The first-order valence-corrected chi connectivity index (χ1v) is 9.27. The molecule has 1 aliphatic rings. The molecule has 6 heteroatoms. The van der Waals surface area contributed by atoms with E-state index in [0.29, 0.717) is 13.2 Å². The maximum atomic E-state index is 12.3. The van der Waals surface area contributed by atoms with E-state index < -0.39 is 0 Å². The Morgan fingerprint density at radius 1 is 1.00 bits per heavy atom. The minimum Gasteiger partial charge on any atom is -0.497 e. The molecule has 27 heavy (non-hydrogen) atoms. The van der Waals surface area contributed by atoms with Crippen molar-refractivity contribution < 1.29 is 14.3 Å². The fourth-order valence-corrected chi connectivity index (χ4v) is 3.18. The fraction of sp³-hybridized carbons (Fsp3) is 0.381. The molecule has 0 spiro atoms. The molecule has 2 aromatic rings. The largest absolute Gasteiger partial charge is 0.497 e. The third-order valence-corrected chi connectivity index (χ3v) is 4.73. The number of rotatable bonds is 6. The van der Waals surface area contributed by atoms with Crippen molar-refractivity contribution in [1.29, 1.82) is 0 Å². The van der Waals surface area contributed by atoms with Crippen LogP contribution in [0.1, 0.15) is 5.56 Å². The number of piperazine rings is 1. The predicted octanol–water partition coefficient (Wildman–Crippen LogP) is 2.91. The van der Waals surface area contributed by atoms with Crippen molar-refractivity contribution in [3.05, 3.63) is 54.1 Å². The van der Waals surface area contributed by atoms with Crippen LogP contribution in [0.3, 0.4) is 0 Å². The van der Waals surface area contributed by atoms with E-state index in [2.05, 4.69) is 41.4 Å². The maximum absolute atomic E-state index is 12.3. The Bertz CT molecular complexity index is 741. The van der Waals surface area contributed by atoms with Gasteiger partial charge in [0.1, 0.15) is 18.1 Å². The van der Waals surface area contributed by atoms with Gasteiger partial charge >= 0.3 is 6.03 Å². The van der Waals surface area contributed by atoms with Crippen LogP contribution in [0.4, 0.5) is 10.5 Å². The molecule has 6 nitrogen and oxygen atoms in total. The summed E-state index contributed by atoms with van der Waals surface area (Å²) in [5.74, 6) is 1.55. The number of urea groups is 1. The molecule has 144 valence electrons. The summed E-state index contributed by atoms with van der Waals surface area (Å²) in [5.41, 5.74) is 2.52. The number of amides is 2. The maximum Gasteiger partial charge on any atom is 0.317 e. The zero-order valence-corrected chi connectivity index (χ0v) is 16.0. The van der Waals surface area contributed by atoms with Gasteiger partial charge in [0, 0.05) is 31.9 Å². The van der Waals surface area contributed by atoms with Gasteiger partial charge in [0.25, 0.3) is 0 Å². The van der Waals surface area contributed by atoms with Gasteiger partial charge in [-0.05, 0) is 42.8 Å². The molecule has 1 aliphatic heterocycles. The van der Waals surface area contributed by atoms with Gasteiger partial charge in [-0.15, -0.1) is 0 Å². The number of hydrogen-bond acceptors (Lipinski definition) is 4. The summed E-state index contributed by atoms with van der Waals surface area (Å²) in [6.45, 7) is 6.17. The Morgan fingerprint density at radius 2 is 1.67 bits per heavy atom. The number of ether oxygens (including phenoxy) is 2. The Labute approximate surface area is 160 Å². The van der Waals surface area contributed by atoms with Crippen molar-refractivity contribution in [2.45, 2.75) is 6.92 Å². The van der Waals surface area contributed by atoms with Crippen molar-refractivity contribution in [1.82, 2.24) is 10.2 Å². The predicted molar refractivity (Wildman–Crippen MR) is 107 cm³/mol. The van der Waals surface area contributed by atoms with Gasteiger partial charge in [0.2, 0.25) is 0 Å². The van der Waals surface area contributed by atoms with E-state index in [1.165, 1.54) is 11.3 Å². The Kier molecular flexibility index (Phi) is 6.41. The SMILES string of the molecule is COc1ccc(OCCNC(=O)N2CCN(c3ccccc3C)CC2)cc1. The number of carbonyl (C=O) groups is 1. The highest BCUT2D eigenvalue weighted by molar-refractivity contribution is 5.74. The number of methoxy groups -OCH3 is 1.